The second-order valence-corrected chi connectivity index (χ2v) is 5.17. The molecule has 1 unspecified atom stereocenters. The van der Waals surface area contributed by atoms with E-state index in [1.165, 1.54) is 6.07 Å². The number of aromatic nitrogens is 1. The number of halogens is 2. The number of anilines is 1. The minimum absolute atomic E-state index is 0.123. The van der Waals surface area contributed by atoms with Crippen LogP contribution < -0.4 is 10.6 Å². The first-order chi connectivity index (χ1) is 9.13. The molecule has 0 aliphatic heterocycles. The summed E-state index contributed by atoms with van der Waals surface area (Å²) >= 11 is 3.38. The summed E-state index contributed by atoms with van der Waals surface area (Å²) in [4.78, 5) is 5.96. The number of rotatable bonds is 4. The smallest absolute Gasteiger partial charge is 0.146 e. The molecule has 0 aliphatic carbocycles. The molecule has 0 spiro atoms. The van der Waals surface area contributed by atoms with Crippen LogP contribution >= 0.6 is 15.9 Å². The van der Waals surface area contributed by atoms with Crippen molar-refractivity contribution in [2.45, 2.75) is 6.04 Å². The molecule has 0 amide bonds. The van der Waals surface area contributed by atoms with Crippen molar-refractivity contribution in [2.75, 3.05) is 18.5 Å². The Kier molecular flexibility index (Phi) is 4.50. The Balaban J connectivity index is 2.35. The lowest BCUT2D eigenvalue weighted by Crippen LogP contribution is -2.31. The van der Waals surface area contributed by atoms with Crippen molar-refractivity contribution in [3.8, 4) is 0 Å². The predicted molar refractivity (Wildman–Crippen MR) is 78.5 cm³/mol. The van der Waals surface area contributed by atoms with Crippen molar-refractivity contribution >= 4 is 21.6 Å². The van der Waals surface area contributed by atoms with E-state index in [0.717, 1.165) is 10.0 Å². The summed E-state index contributed by atoms with van der Waals surface area (Å²) in [5, 5.41) is 0. The molecule has 5 heteroatoms. The fourth-order valence-corrected chi connectivity index (χ4v) is 2.42. The van der Waals surface area contributed by atoms with E-state index in [4.69, 9.17) is 5.73 Å². The molecule has 2 N–H and O–H groups in total. The Morgan fingerprint density at radius 2 is 2.11 bits per heavy atom. The molecule has 0 saturated carbocycles. The minimum Gasteiger partial charge on any atom is -0.364 e. The highest BCUT2D eigenvalue weighted by Crippen LogP contribution is 2.27. The van der Waals surface area contributed by atoms with E-state index >= 15 is 0 Å². The number of benzene rings is 1. The highest BCUT2D eigenvalue weighted by atomic mass is 79.9. The number of hydrogen-bond donors (Lipinski definition) is 1. The Bertz CT molecular complexity index is 562. The first kappa shape index (κ1) is 14.0. The van der Waals surface area contributed by atoms with Crippen molar-refractivity contribution in [2.24, 2.45) is 5.73 Å². The molecule has 1 heterocycles. The topological polar surface area (TPSA) is 42.1 Å². The van der Waals surface area contributed by atoms with Gasteiger partial charge in [-0.3, -0.25) is 4.98 Å². The average Bonchev–Trinajstić information content (AvgIpc) is 2.40. The maximum absolute atomic E-state index is 13.8. The minimum atomic E-state index is -0.258. The van der Waals surface area contributed by atoms with Gasteiger partial charge in [-0.2, -0.15) is 0 Å². The molecule has 1 atom stereocenters. The van der Waals surface area contributed by atoms with Gasteiger partial charge in [-0.25, -0.2) is 4.39 Å². The third kappa shape index (κ3) is 3.11. The largest absolute Gasteiger partial charge is 0.364 e. The summed E-state index contributed by atoms with van der Waals surface area (Å²) in [6.45, 7) is 0.378. The Hall–Kier alpha value is -1.46. The number of pyridine rings is 1. The average molecular weight is 324 g/mol. The molecular formula is C14H15BrFN3. The van der Waals surface area contributed by atoms with E-state index in [2.05, 4.69) is 20.9 Å². The van der Waals surface area contributed by atoms with Gasteiger partial charge < -0.3 is 10.6 Å². The van der Waals surface area contributed by atoms with Gasteiger partial charge in [-0.15, -0.1) is 0 Å². The van der Waals surface area contributed by atoms with Gasteiger partial charge in [-0.05, 0) is 39.7 Å². The highest BCUT2D eigenvalue weighted by molar-refractivity contribution is 9.10. The summed E-state index contributed by atoms with van der Waals surface area (Å²) in [6, 6.07) is 8.48. The van der Waals surface area contributed by atoms with Crippen LogP contribution in [0.15, 0.2) is 47.2 Å². The van der Waals surface area contributed by atoms with Crippen LogP contribution in [0.5, 0.6) is 0 Å². The normalized spacial score (nSPS) is 12.2. The standard InChI is InChI=1S/C14H15BrFN3/c1-19(13-5-3-2-4-12(13)16)14(7-17)10-6-11(15)9-18-8-10/h2-6,8-9,14H,7,17H2,1H3. The first-order valence-corrected chi connectivity index (χ1v) is 6.70. The van der Waals surface area contributed by atoms with E-state index in [9.17, 15) is 4.39 Å². The zero-order chi connectivity index (χ0) is 13.8. The van der Waals surface area contributed by atoms with E-state index in [-0.39, 0.29) is 11.9 Å². The number of nitrogens with two attached hydrogens (primary N) is 1. The molecular weight excluding hydrogens is 309 g/mol. The predicted octanol–water partition coefficient (Wildman–Crippen LogP) is 3.12. The second-order valence-electron chi connectivity index (χ2n) is 4.25. The molecule has 0 radical (unpaired) electrons. The first-order valence-electron chi connectivity index (χ1n) is 5.91. The third-order valence-electron chi connectivity index (χ3n) is 3.03. The molecule has 1 aromatic carbocycles. The third-order valence-corrected chi connectivity index (χ3v) is 3.47. The zero-order valence-electron chi connectivity index (χ0n) is 10.6. The van der Waals surface area contributed by atoms with Crippen LogP contribution in [0.25, 0.3) is 0 Å². The van der Waals surface area contributed by atoms with Gasteiger partial charge in [0.2, 0.25) is 0 Å². The van der Waals surface area contributed by atoms with Crippen LogP contribution in [0, 0.1) is 5.82 Å². The van der Waals surface area contributed by atoms with Gasteiger partial charge in [0.25, 0.3) is 0 Å². The molecule has 1 aromatic heterocycles. The number of hydrogen-bond acceptors (Lipinski definition) is 3. The molecule has 0 fully saturated rings. The van der Waals surface area contributed by atoms with Crippen LogP contribution in [0.2, 0.25) is 0 Å². The van der Waals surface area contributed by atoms with Crippen LogP contribution in [0.1, 0.15) is 11.6 Å². The Labute approximate surface area is 120 Å². The van der Waals surface area contributed by atoms with E-state index in [1.54, 1.807) is 24.5 Å². The maximum Gasteiger partial charge on any atom is 0.146 e. The Morgan fingerprint density at radius 1 is 1.37 bits per heavy atom. The molecule has 0 bridgehead atoms. The summed E-state index contributed by atoms with van der Waals surface area (Å²) in [5.41, 5.74) is 7.31. The Morgan fingerprint density at radius 3 is 2.74 bits per heavy atom. The highest BCUT2D eigenvalue weighted by Gasteiger charge is 2.18. The molecule has 0 saturated heterocycles. The quantitative estimate of drug-likeness (QED) is 0.940. The molecule has 19 heavy (non-hydrogen) atoms. The number of nitrogens with zero attached hydrogens (tertiary/aromatic N) is 2. The molecule has 3 nitrogen and oxygen atoms in total. The van der Waals surface area contributed by atoms with Crippen molar-refractivity contribution in [3.63, 3.8) is 0 Å². The summed E-state index contributed by atoms with van der Waals surface area (Å²) in [6.07, 6.45) is 3.46. The van der Waals surface area contributed by atoms with Crippen LogP contribution in [-0.2, 0) is 0 Å². The van der Waals surface area contributed by atoms with Crippen LogP contribution in [-0.4, -0.2) is 18.6 Å². The molecule has 0 aliphatic rings. The van der Waals surface area contributed by atoms with E-state index < -0.39 is 0 Å². The fraction of sp³-hybridized carbons (Fsp3) is 0.214. The van der Waals surface area contributed by atoms with Gasteiger partial charge in [0, 0.05) is 30.5 Å². The summed E-state index contributed by atoms with van der Waals surface area (Å²) in [7, 11) is 1.83. The molecule has 100 valence electrons. The van der Waals surface area contributed by atoms with Crippen LogP contribution in [0.3, 0.4) is 0 Å². The van der Waals surface area contributed by atoms with Gasteiger partial charge in [0.05, 0.1) is 11.7 Å². The lowest BCUT2D eigenvalue weighted by Gasteiger charge is -2.29. The van der Waals surface area contributed by atoms with E-state index in [0.29, 0.717) is 12.2 Å². The fourth-order valence-electron chi connectivity index (χ4n) is 2.03. The van der Waals surface area contributed by atoms with Crippen molar-refractivity contribution in [1.29, 1.82) is 0 Å². The summed E-state index contributed by atoms with van der Waals surface area (Å²) < 4.78 is 14.7. The van der Waals surface area contributed by atoms with Gasteiger partial charge in [0.15, 0.2) is 0 Å². The lowest BCUT2D eigenvalue weighted by molar-refractivity contribution is 0.602. The zero-order valence-corrected chi connectivity index (χ0v) is 12.1. The van der Waals surface area contributed by atoms with Gasteiger partial charge in [0.1, 0.15) is 5.82 Å². The van der Waals surface area contributed by atoms with E-state index in [1.807, 2.05) is 24.1 Å². The van der Waals surface area contributed by atoms with Crippen molar-refractivity contribution in [1.82, 2.24) is 4.98 Å². The van der Waals surface area contributed by atoms with Crippen molar-refractivity contribution < 1.29 is 4.39 Å². The monoisotopic (exact) mass is 323 g/mol. The van der Waals surface area contributed by atoms with Gasteiger partial charge >= 0.3 is 0 Å². The van der Waals surface area contributed by atoms with Crippen molar-refractivity contribution in [3.05, 3.63) is 58.6 Å². The van der Waals surface area contributed by atoms with Crippen LogP contribution in [0.4, 0.5) is 10.1 Å². The maximum atomic E-state index is 13.8. The second kappa shape index (κ2) is 6.12. The van der Waals surface area contributed by atoms with Gasteiger partial charge in [-0.1, -0.05) is 12.1 Å². The number of likely N-dealkylation sites (N-methyl/N-ethyl adjacent to an activating group) is 1. The lowest BCUT2D eigenvalue weighted by atomic mass is 10.1. The molecule has 2 aromatic rings. The summed E-state index contributed by atoms with van der Waals surface area (Å²) in [5.74, 6) is -0.258. The SMILES string of the molecule is CN(c1ccccc1F)C(CN)c1cncc(Br)c1. The number of para-hydroxylation sites is 1. The molecule has 2 rings (SSSR count).